The Bertz CT molecular complexity index is 605. The molecule has 0 fully saturated rings. The maximum Gasteiger partial charge on any atom is 0.197 e. The number of hydrogen-bond acceptors (Lipinski definition) is 2. The normalized spacial score (nSPS) is 10.3. The van der Waals surface area contributed by atoms with Crippen molar-refractivity contribution in [3.05, 3.63) is 62.7 Å². The van der Waals surface area contributed by atoms with E-state index in [4.69, 9.17) is 4.74 Å². The third kappa shape index (κ3) is 2.97. The molecular weight excluding hydrogens is 351 g/mol. The fraction of sp³-hybridized carbons (Fsp3) is 0.188. The molecule has 2 rings (SSSR count). The van der Waals surface area contributed by atoms with Crippen molar-refractivity contribution >= 4 is 28.4 Å². The van der Waals surface area contributed by atoms with Gasteiger partial charge in [0.05, 0.1) is 12.2 Å². The van der Waals surface area contributed by atoms with Gasteiger partial charge in [0.2, 0.25) is 0 Å². The van der Waals surface area contributed by atoms with Crippen molar-refractivity contribution in [1.29, 1.82) is 0 Å². The van der Waals surface area contributed by atoms with Gasteiger partial charge in [0, 0.05) is 9.13 Å². The highest BCUT2D eigenvalue weighted by Gasteiger charge is 2.17. The zero-order valence-electron chi connectivity index (χ0n) is 10.9. The Labute approximate surface area is 126 Å². The monoisotopic (exact) mass is 366 g/mol. The van der Waals surface area contributed by atoms with Gasteiger partial charge in [-0.2, -0.15) is 0 Å². The molecule has 0 unspecified atom stereocenters. The molecule has 0 spiro atoms. The first-order valence-corrected chi connectivity index (χ1v) is 7.24. The van der Waals surface area contributed by atoms with E-state index >= 15 is 0 Å². The second-order valence-corrected chi connectivity index (χ2v) is 5.27. The van der Waals surface area contributed by atoms with Crippen LogP contribution in [0.25, 0.3) is 0 Å². The standard InChI is InChI=1S/C16H15IO2/c1-3-19-14-10-5-4-8-12(14)16(18)13-9-6-7-11(2)15(13)17/h4-10H,3H2,1-2H3. The summed E-state index contributed by atoms with van der Waals surface area (Å²) in [7, 11) is 0. The van der Waals surface area contributed by atoms with E-state index < -0.39 is 0 Å². The first-order chi connectivity index (χ1) is 9.15. The van der Waals surface area contributed by atoms with Crippen LogP contribution < -0.4 is 4.74 Å². The lowest BCUT2D eigenvalue weighted by molar-refractivity contribution is 0.103. The van der Waals surface area contributed by atoms with E-state index in [0.717, 1.165) is 14.7 Å². The molecule has 0 aliphatic heterocycles. The van der Waals surface area contributed by atoms with Crippen LogP contribution in [-0.4, -0.2) is 12.4 Å². The number of aryl methyl sites for hydroxylation is 1. The Morgan fingerprint density at radius 3 is 2.53 bits per heavy atom. The van der Waals surface area contributed by atoms with Crippen LogP contribution in [0.5, 0.6) is 5.75 Å². The second kappa shape index (κ2) is 6.19. The van der Waals surface area contributed by atoms with Crippen molar-refractivity contribution in [3.63, 3.8) is 0 Å². The summed E-state index contributed by atoms with van der Waals surface area (Å²) in [5.41, 5.74) is 2.46. The third-order valence-electron chi connectivity index (χ3n) is 2.87. The van der Waals surface area contributed by atoms with E-state index in [1.165, 1.54) is 0 Å². The molecule has 0 radical (unpaired) electrons. The zero-order chi connectivity index (χ0) is 13.8. The van der Waals surface area contributed by atoms with Crippen molar-refractivity contribution in [2.24, 2.45) is 0 Å². The van der Waals surface area contributed by atoms with E-state index in [1.807, 2.05) is 56.3 Å². The maximum atomic E-state index is 12.6. The van der Waals surface area contributed by atoms with Gasteiger partial charge < -0.3 is 4.74 Å². The highest BCUT2D eigenvalue weighted by atomic mass is 127. The highest BCUT2D eigenvalue weighted by molar-refractivity contribution is 14.1. The molecule has 0 aliphatic carbocycles. The van der Waals surface area contributed by atoms with Gasteiger partial charge in [-0.15, -0.1) is 0 Å². The summed E-state index contributed by atoms with van der Waals surface area (Å²) in [5.74, 6) is 0.657. The Kier molecular flexibility index (Phi) is 4.58. The quantitative estimate of drug-likeness (QED) is 0.598. The molecule has 2 nitrogen and oxygen atoms in total. The zero-order valence-corrected chi connectivity index (χ0v) is 13.1. The first-order valence-electron chi connectivity index (χ1n) is 6.16. The van der Waals surface area contributed by atoms with Crippen molar-refractivity contribution < 1.29 is 9.53 Å². The summed E-state index contributed by atoms with van der Waals surface area (Å²) < 4.78 is 6.52. The number of rotatable bonds is 4. The number of carbonyl (C=O) groups excluding carboxylic acids is 1. The van der Waals surface area contributed by atoms with Crippen molar-refractivity contribution in [3.8, 4) is 5.75 Å². The lowest BCUT2D eigenvalue weighted by Crippen LogP contribution is -2.07. The highest BCUT2D eigenvalue weighted by Crippen LogP contribution is 2.25. The van der Waals surface area contributed by atoms with Crippen molar-refractivity contribution in [2.75, 3.05) is 6.61 Å². The van der Waals surface area contributed by atoms with E-state index in [0.29, 0.717) is 17.9 Å². The number of halogens is 1. The van der Waals surface area contributed by atoms with E-state index in [-0.39, 0.29) is 5.78 Å². The lowest BCUT2D eigenvalue weighted by Gasteiger charge is -2.11. The SMILES string of the molecule is CCOc1ccccc1C(=O)c1cccc(C)c1I. The van der Waals surface area contributed by atoms with Gasteiger partial charge in [0.15, 0.2) is 5.78 Å². The summed E-state index contributed by atoms with van der Waals surface area (Å²) >= 11 is 2.22. The van der Waals surface area contributed by atoms with Gasteiger partial charge in [-0.05, 0) is 60.2 Å². The minimum atomic E-state index is 0.0113. The number of ether oxygens (including phenoxy) is 1. The average molecular weight is 366 g/mol. The van der Waals surface area contributed by atoms with Crippen LogP contribution in [0.2, 0.25) is 0 Å². The summed E-state index contributed by atoms with van der Waals surface area (Å²) in [6.07, 6.45) is 0. The van der Waals surface area contributed by atoms with Crippen LogP contribution in [0.15, 0.2) is 42.5 Å². The molecule has 0 bridgehead atoms. The summed E-state index contributed by atoms with van der Waals surface area (Å²) in [4.78, 5) is 12.6. The predicted molar refractivity (Wildman–Crippen MR) is 84.9 cm³/mol. The molecule has 2 aromatic rings. The summed E-state index contributed by atoms with van der Waals surface area (Å²) in [6, 6.07) is 13.2. The van der Waals surface area contributed by atoms with Crippen LogP contribution in [-0.2, 0) is 0 Å². The minimum absolute atomic E-state index is 0.0113. The average Bonchev–Trinajstić information content (AvgIpc) is 2.42. The van der Waals surface area contributed by atoms with E-state index in [1.54, 1.807) is 0 Å². The number of carbonyl (C=O) groups is 1. The van der Waals surface area contributed by atoms with Gasteiger partial charge in [0.25, 0.3) is 0 Å². The Morgan fingerprint density at radius 2 is 1.79 bits per heavy atom. The molecule has 0 amide bonds. The van der Waals surface area contributed by atoms with Crippen LogP contribution in [0.1, 0.15) is 28.4 Å². The van der Waals surface area contributed by atoms with Crippen molar-refractivity contribution in [2.45, 2.75) is 13.8 Å². The molecule has 0 aliphatic rings. The molecule has 19 heavy (non-hydrogen) atoms. The second-order valence-electron chi connectivity index (χ2n) is 4.19. The maximum absolute atomic E-state index is 12.6. The molecule has 0 saturated heterocycles. The fourth-order valence-corrected chi connectivity index (χ4v) is 2.51. The fourth-order valence-electron chi connectivity index (χ4n) is 1.90. The van der Waals surface area contributed by atoms with E-state index in [9.17, 15) is 4.79 Å². The Balaban J connectivity index is 2.47. The topological polar surface area (TPSA) is 26.3 Å². The Hall–Kier alpha value is -1.36. The number of ketones is 1. The number of hydrogen-bond donors (Lipinski definition) is 0. The molecule has 2 aromatic carbocycles. The van der Waals surface area contributed by atoms with Crippen LogP contribution in [0.3, 0.4) is 0 Å². The largest absolute Gasteiger partial charge is 0.493 e. The van der Waals surface area contributed by atoms with Gasteiger partial charge in [-0.1, -0.05) is 24.3 Å². The predicted octanol–water partition coefficient (Wildman–Crippen LogP) is 4.23. The van der Waals surface area contributed by atoms with Crippen LogP contribution in [0, 0.1) is 10.5 Å². The molecule has 0 heterocycles. The van der Waals surface area contributed by atoms with Gasteiger partial charge in [0.1, 0.15) is 5.75 Å². The van der Waals surface area contributed by atoms with Gasteiger partial charge in [-0.25, -0.2) is 0 Å². The summed E-state index contributed by atoms with van der Waals surface area (Å²) in [5, 5.41) is 0. The molecule has 3 heteroatoms. The smallest absolute Gasteiger partial charge is 0.197 e. The minimum Gasteiger partial charge on any atom is -0.493 e. The molecule has 0 N–H and O–H groups in total. The number of para-hydroxylation sites is 1. The molecular formula is C16H15IO2. The molecule has 98 valence electrons. The van der Waals surface area contributed by atoms with Gasteiger partial charge >= 0.3 is 0 Å². The lowest BCUT2D eigenvalue weighted by atomic mass is 10.0. The summed E-state index contributed by atoms with van der Waals surface area (Å²) in [6.45, 7) is 4.47. The third-order valence-corrected chi connectivity index (χ3v) is 4.30. The number of benzene rings is 2. The van der Waals surface area contributed by atoms with Crippen molar-refractivity contribution in [1.82, 2.24) is 0 Å². The first kappa shape index (κ1) is 14.1. The molecule has 0 saturated carbocycles. The van der Waals surface area contributed by atoms with Crippen LogP contribution in [0.4, 0.5) is 0 Å². The molecule has 0 atom stereocenters. The Morgan fingerprint density at radius 1 is 1.11 bits per heavy atom. The van der Waals surface area contributed by atoms with E-state index in [2.05, 4.69) is 22.6 Å². The van der Waals surface area contributed by atoms with Crippen LogP contribution >= 0.6 is 22.6 Å². The molecule has 0 aromatic heterocycles. The van der Waals surface area contributed by atoms with Gasteiger partial charge in [-0.3, -0.25) is 4.79 Å².